The van der Waals surface area contributed by atoms with Crippen molar-refractivity contribution in [3.63, 3.8) is 0 Å². The van der Waals surface area contributed by atoms with Gasteiger partial charge in [0.05, 0.1) is 11.5 Å². The third kappa shape index (κ3) is 2.45. The number of aliphatic hydroxyl groups is 1. The Morgan fingerprint density at radius 2 is 2.14 bits per heavy atom. The molecule has 0 unspecified atom stereocenters. The molecule has 1 aliphatic rings. The number of nitrogens with one attached hydrogen (secondary N) is 1. The first kappa shape index (κ1) is 11.5. The number of hydrogen-bond acceptors (Lipinski definition) is 3. The second-order valence-corrected chi connectivity index (χ2v) is 4.25. The Kier molecular flexibility index (Phi) is 3.89. The number of nitrogens with two attached hydrogens (primary N) is 1. The normalized spacial score (nSPS) is 21.9. The van der Waals surface area contributed by atoms with Crippen LogP contribution in [-0.4, -0.2) is 30.2 Å². The minimum absolute atomic E-state index is 0.0124. The lowest BCUT2D eigenvalue weighted by Gasteiger charge is -2.26. The summed E-state index contributed by atoms with van der Waals surface area (Å²) in [7, 11) is 0. The van der Waals surface area contributed by atoms with Gasteiger partial charge in [-0.1, -0.05) is 12.8 Å². The molecule has 0 spiro atoms. The zero-order valence-electron chi connectivity index (χ0n) is 8.75. The van der Waals surface area contributed by atoms with Gasteiger partial charge in [0, 0.05) is 13.1 Å². The molecule has 1 saturated carbocycles. The van der Waals surface area contributed by atoms with E-state index in [9.17, 15) is 4.79 Å². The summed E-state index contributed by atoms with van der Waals surface area (Å²) in [4.78, 5) is 11.8. The van der Waals surface area contributed by atoms with E-state index in [0.29, 0.717) is 13.1 Å². The van der Waals surface area contributed by atoms with Crippen molar-refractivity contribution in [2.75, 3.05) is 13.1 Å². The largest absolute Gasteiger partial charge is 0.392 e. The molecular formula is C10H20N2O2. The molecule has 1 aliphatic carbocycles. The predicted molar refractivity (Wildman–Crippen MR) is 54.6 cm³/mol. The topological polar surface area (TPSA) is 75.3 Å². The summed E-state index contributed by atoms with van der Waals surface area (Å²) in [5.41, 5.74) is 5.30. The summed E-state index contributed by atoms with van der Waals surface area (Å²) >= 11 is 0. The summed E-state index contributed by atoms with van der Waals surface area (Å²) in [6.45, 7) is 2.39. The molecule has 4 N–H and O–H groups in total. The molecule has 0 aliphatic heterocycles. The first-order chi connectivity index (χ1) is 6.60. The monoisotopic (exact) mass is 200 g/mol. The second-order valence-electron chi connectivity index (χ2n) is 4.25. The Hall–Kier alpha value is -0.610. The van der Waals surface area contributed by atoms with Crippen LogP contribution in [0.4, 0.5) is 0 Å². The van der Waals surface area contributed by atoms with Crippen molar-refractivity contribution in [2.24, 2.45) is 11.1 Å². The van der Waals surface area contributed by atoms with Crippen LogP contribution in [0.15, 0.2) is 0 Å². The zero-order valence-corrected chi connectivity index (χ0v) is 8.75. The molecule has 0 aromatic rings. The Labute approximate surface area is 84.9 Å². The molecule has 1 atom stereocenters. The fourth-order valence-electron chi connectivity index (χ4n) is 2.00. The van der Waals surface area contributed by atoms with Crippen LogP contribution < -0.4 is 11.1 Å². The van der Waals surface area contributed by atoms with Crippen molar-refractivity contribution in [3.05, 3.63) is 0 Å². The van der Waals surface area contributed by atoms with Gasteiger partial charge < -0.3 is 16.2 Å². The third-order valence-corrected chi connectivity index (χ3v) is 2.99. The Balaban J connectivity index is 2.48. The average Bonchev–Trinajstić information content (AvgIpc) is 2.63. The summed E-state index contributed by atoms with van der Waals surface area (Å²) < 4.78 is 0. The molecule has 82 valence electrons. The van der Waals surface area contributed by atoms with Crippen LogP contribution in [0.25, 0.3) is 0 Å². The number of amides is 1. The molecule has 0 bridgehead atoms. The van der Waals surface area contributed by atoms with Gasteiger partial charge in [0.25, 0.3) is 0 Å². The Bertz CT molecular complexity index is 198. The van der Waals surface area contributed by atoms with E-state index >= 15 is 0 Å². The molecule has 0 aromatic carbocycles. The maximum Gasteiger partial charge on any atom is 0.227 e. The molecular weight excluding hydrogens is 180 g/mol. The molecule has 4 nitrogen and oxygen atoms in total. The van der Waals surface area contributed by atoms with Gasteiger partial charge in [-0.15, -0.1) is 0 Å². The maximum atomic E-state index is 11.8. The standard InChI is InChI=1S/C10H20N2O2/c1-8(13)6-12-9(14)10(7-11)4-2-3-5-10/h8,13H,2-7,11H2,1H3,(H,12,14)/t8-/m1/s1. The molecule has 0 radical (unpaired) electrons. The lowest BCUT2D eigenvalue weighted by atomic mass is 9.85. The number of carbonyl (C=O) groups excluding carboxylic acids is 1. The summed E-state index contributed by atoms with van der Waals surface area (Å²) in [5.74, 6) is 0.0124. The molecule has 0 aromatic heterocycles. The van der Waals surface area contributed by atoms with Crippen molar-refractivity contribution in [2.45, 2.75) is 38.7 Å². The molecule has 0 heterocycles. The van der Waals surface area contributed by atoms with Crippen LogP contribution >= 0.6 is 0 Å². The van der Waals surface area contributed by atoms with Crippen molar-refractivity contribution in [1.29, 1.82) is 0 Å². The first-order valence-corrected chi connectivity index (χ1v) is 5.27. The highest BCUT2D eigenvalue weighted by Gasteiger charge is 2.39. The molecule has 1 fully saturated rings. The van der Waals surface area contributed by atoms with E-state index in [1.54, 1.807) is 6.92 Å². The third-order valence-electron chi connectivity index (χ3n) is 2.99. The number of carbonyl (C=O) groups is 1. The SMILES string of the molecule is C[C@@H](O)CNC(=O)C1(CN)CCCC1. The van der Waals surface area contributed by atoms with E-state index in [0.717, 1.165) is 25.7 Å². The van der Waals surface area contributed by atoms with Gasteiger partial charge in [0.1, 0.15) is 0 Å². The van der Waals surface area contributed by atoms with E-state index in [1.165, 1.54) is 0 Å². The minimum Gasteiger partial charge on any atom is -0.392 e. The summed E-state index contributed by atoms with van der Waals surface area (Å²) in [5, 5.41) is 11.8. The van der Waals surface area contributed by atoms with Gasteiger partial charge in [-0.2, -0.15) is 0 Å². The molecule has 1 rings (SSSR count). The molecule has 14 heavy (non-hydrogen) atoms. The predicted octanol–water partition coefficient (Wildman–Crippen LogP) is 0.00250. The Morgan fingerprint density at radius 1 is 1.57 bits per heavy atom. The van der Waals surface area contributed by atoms with Crippen molar-refractivity contribution in [3.8, 4) is 0 Å². The van der Waals surface area contributed by atoms with Gasteiger partial charge >= 0.3 is 0 Å². The van der Waals surface area contributed by atoms with E-state index in [2.05, 4.69) is 5.32 Å². The average molecular weight is 200 g/mol. The highest BCUT2D eigenvalue weighted by Crippen LogP contribution is 2.37. The van der Waals surface area contributed by atoms with E-state index in [-0.39, 0.29) is 11.3 Å². The second kappa shape index (κ2) is 4.75. The maximum absolute atomic E-state index is 11.8. The fourth-order valence-corrected chi connectivity index (χ4v) is 2.00. The van der Waals surface area contributed by atoms with Crippen LogP contribution in [-0.2, 0) is 4.79 Å². The van der Waals surface area contributed by atoms with Crippen molar-refractivity contribution in [1.82, 2.24) is 5.32 Å². The van der Waals surface area contributed by atoms with Gasteiger partial charge in [0.15, 0.2) is 0 Å². The van der Waals surface area contributed by atoms with Crippen molar-refractivity contribution >= 4 is 5.91 Å². The summed E-state index contributed by atoms with van der Waals surface area (Å²) in [6, 6.07) is 0. The van der Waals surface area contributed by atoms with Crippen molar-refractivity contribution < 1.29 is 9.90 Å². The number of aliphatic hydroxyl groups excluding tert-OH is 1. The molecule has 1 amide bonds. The van der Waals surface area contributed by atoms with Gasteiger partial charge in [-0.25, -0.2) is 0 Å². The highest BCUT2D eigenvalue weighted by atomic mass is 16.3. The van der Waals surface area contributed by atoms with Gasteiger partial charge in [0.2, 0.25) is 5.91 Å². The first-order valence-electron chi connectivity index (χ1n) is 5.27. The molecule has 0 saturated heterocycles. The minimum atomic E-state index is -0.491. The van der Waals surface area contributed by atoms with E-state index in [4.69, 9.17) is 10.8 Å². The zero-order chi connectivity index (χ0) is 10.6. The fraction of sp³-hybridized carbons (Fsp3) is 0.900. The number of hydrogen-bond donors (Lipinski definition) is 3. The van der Waals surface area contributed by atoms with Crippen LogP contribution in [0.3, 0.4) is 0 Å². The van der Waals surface area contributed by atoms with Crippen LogP contribution in [0.5, 0.6) is 0 Å². The molecule has 4 heteroatoms. The smallest absolute Gasteiger partial charge is 0.227 e. The quantitative estimate of drug-likeness (QED) is 0.598. The van der Waals surface area contributed by atoms with E-state index < -0.39 is 6.10 Å². The Morgan fingerprint density at radius 3 is 2.57 bits per heavy atom. The lowest BCUT2D eigenvalue weighted by molar-refractivity contribution is -0.130. The van der Waals surface area contributed by atoms with Crippen LogP contribution in [0, 0.1) is 5.41 Å². The van der Waals surface area contributed by atoms with Gasteiger partial charge in [-0.05, 0) is 19.8 Å². The lowest BCUT2D eigenvalue weighted by Crippen LogP contribution is -2.45. The highest BCUT2D eigenvalue weighted by molar-refractivity contribution is 5.83. The van der Waals surface area contributed by atoms with Crippen LogP contribution in [0.2, 0.25) is 0 Å². The summed E-state index contributed by atoms with van der Waals surface area (Å²) in [6.07, 6.45) is 3.44. The van der Waals surface area contributed by atoms with Crippen LogP contribution in [0.1, 0.15) is 32.6 Å². The van der Waals surface area contributed by atoms with Gasteiger partial charge in [-0.3, -0.25) is 4.79 Å². The number of rotatable bonds is 4. The van der Waals surface area contributed by atoms with E-state index in [1.807, 2.05) is 0 Å².